The summed E-state index contributed by atoms with van der Waals surface area (Å²) in [4.78, 5) is 13.6. The molecule has 0 spiro atoms. The highest BCUT2D eigenvalue weighted by molar-refractivity contribution is 6.00. The first-order chi connectivity index (χ1) is 14.6. The van der Waals surface area contributed by atoms with Crippen LogP contribution in [0.25, 0.3) is 0 Å². The summed E-state index contributed by atoms with van der Waals surface area (Å²) in [5, 5.41) is 3.08. The summed E-state index contributed by atoms with van der Waals surface area (Å²) in [5.41, 5.74) is 0.934. The van der Waals surface area contributed by atoms with Crippen LogP contribution in [0.15, 0.2) is 30.3 Å². The van der Waals surface area contributed by atoms with E-state index in [1.807, 2.05) is 18.2 Å². The number of hydrogen-bond acceptors (Lipinski definition) is 6. The average Bonchev–Trinajstić information content (AvgIpc) is 3.29. The predicted octanol–water partition coefficient (Wildman–Crippen LogP) is 3.93. The van der Waals surface area contributed by atoms with E-state index in [-0.39, 0.29) is 5.91 Å². The Bertz CT molecular complexity index is 910. The third-order valence-corrected chi connectivity index (χ3v) is 5.91. The molecule has 4 rings (SSSR count). The number of ether oxygens (including phenoxy) is 5. The van der Waals surface area contributed by atoms with Gasteiger partial charge in [0.1, 0.15) is 13.2 Å². The fourth-order valence-corrected chi connectivity index (χ4v) is 4.37. The summed E-state index contributed by atoms with van der Waals surface area (Å²) in [6.45, 7) is 1.06. The van der Waals surface area contributed by atoms with E-state index in [0.717, 1.165) is 37.0 Å². The lowest BCUT2D eigenvalue weighted by molar-refractivity contribution is -0.121. The molecule has 160 valence electrons. The first-order valence-corrected chi connectivity index (χ1v) is 10.1. The predicted molar refractivity (Wildman–Crippen MR) is 112 cm³/mol. The molecule has 0 saturated heterocycles. The van der Waals surface area contributed by atoms with Crippen LogP contribution in [0.3, 0.4) is 0 Å². The fourth-order valence-electron chi connectivity index (χ4n) is 4.37. The van der Waals surface area contributed by atoms with Gasteiger partial charge in [-0.1, -0.05) is 18.9 Å². The van der Waals surface area contributed by atoms with Gasteiger partial charge in [0.15, 0.2) is 23.0 Å². The van der Waals surface area contributed by atoms with Gasteiger partial charge in [0.05, 0.1) is 26.7 Å². The van der Waals surface area contributed by atoms with Gasteiger partial charge in [-0.05, 0) is 30.5 Å². The van der Waals surface area contributed by atoms with E-state index in [0.29, 0.717) is 41.9 Å². The highest BCUT2D eigenvalue weighted by Crippen LogP contribution is 2.46. The molecule has 1 amide bonds. The number of carbonyl (C=O) groups is 1. The number of methoxy groups -OCH3 is 3. The van der Waals surface area contributed by atoms with Crippen molar-refractivity contribution in [3.05, 3.63) is 35.9 Å². The molecule has 1 N–H and O–H groups in total. The van der Waals surface area contributed by atoms with Crippen molar-refractivity contribution in [1.82, 2.24) is 0 Å². The van der Waals surface area contributed by atoms with Gasteiger partial charge in [-0.15, -0.1) is 0 Å². The molecule has 0 radical (unpaired) electrons. The van der Waals surface area contributed by atoms with Crippen LogP contribution in [-0.2, 0) is 10.2 Å². The van der Waals surface area contributed by atoms with E-state index >= 15 is 0 Å². The molecule has 1 aliphatic heterocycles. The Kier molecular flexibility index (Phi) is 5.61. The standard InChI is InChI=1S/C23H27NO6/c1-26-19-13-16(14-20(27-2)21(19)28-3)24-22(25)23(8-4-5-9-23)15-6-7-17-18(12-15)30-11-10-29-17/h6-7,12-14H,4-5,8-11H2,1-3H3,(H,24,25). The highest BCUT2D eigenvalue weighted by Gasteiger charge is 2.43. The Balaban J connectivity index is 1.67. The van der Waals surface area contributed by atoms with Gasteiger partial charge in [-0.3, -0.25) is 4.79 Å². The van der Waals surface area contributed by atoms with Gasteiger partial charge in [0.25, 0.3) is 0 Å². The second kappa shape index (κ2) is 8.34. The zero-order valence-corrected chi connectivity index (χ0v) is 17.6. The number of nitrogens with one attached hydrogen (secondary N) is 1. The lowest BCUT2D eigenvalue weighted by Gasteiger charge is -2.30. The highest BCUT2D eigenvalue weighted by atomic mass is 16.6. The molecule has 1 aliphatic carbocycles. The summed E-state index contributed by atoms with van der Waals surface area (Å²) in [7, 11) is 4.65. The van der Waals surface area contributed by atoms with Crippen LogP contribution in [0.1, 0.15) is 31.2 Å². The molecule has 30 heavy (non-hydrogen) atoms. The molecule has 0 atom stereocenters. The van der Waals surface area contributed by atoms with Crippen molar-refractivity contribution in [2.24, 2.45) is 0 Å². The topological polar surface area (TPSA) is 75.3 Å². The molecular formula is C23H27NO6. The van der Waals surface area contributed by atoms with E-state index in [4.69, 9.17) is 23.7 Å². The Morgan fingerprint density at radius 2 is 1.53 bits per heavy atom. The first-order valence-electron chi connectivity index (χ1n) is 10.1. The van der Waals surface area contributed by atoms with Crippen molar-refractivity contribution >= 4 is 11.6 Å². The van der Waals surface area contributed by atoms with Crippen molar-refractivity contribution in [2.75, 3.05) is 39.9 Å². The molecule has 0 aromatic heterocycles. The lowest BCUT2D eigenvalue weighted by Crippen LogP contribution is -2.38. The number of fused-ring (bicyclic) bond motifs is 1. The summed E-state index contributed by atoms with van der Waals surface area (Å²) < 4.78 is 27.6. The first kappa shape index (κ1) is 20.2. The fraction of sp³-hybridized carbons (Fsp3) is 0.435. The quantitative estimate of drug-likeness (QED) is 0.773. The molecule has 2 aliphatic rings. The minimum Gasteiger partial charge on any atom is -0.493 e. The van der Waals surface area contributed by atoms with Crippen LogP contribution in [0.5, 0.6) is 28.7 Å². The Morgan fingerprint density at radius 1 is 0.900 bits per heavy atom. The second-order valence-electron chi connectivity index (χ2n) is 7.52. The van der Waals surface area contributed by atoms with Gasteiger partial charge in [0.2, 0.25) is 11.7 Å². The molecule has 2 aromatic carbocycles. The van der Waals surface area contributed by atoms with Crippen LogP contribution in [0.4, 0.5) is 5.69 Å². The molecule has 2 aromatic rings. The molecule has 1 fully saturated rings. The minimum absolute atomic E-state index is 0.0500. The number of benzene rings is 2. The summed E-state index contributed by atoms with van der Waals surface area (Å²) in [5.74, 6) is 2.85. The zero-order valence-electron chi connectivity index (χ0n) is 17.6. The van der Waals surface area contributed by atoms with Gasteiger partial charge < -0.3 is 29.0 Å². The van der Waals surface area contributed by atoms with E-state index in [2.05, 4.69) is 5.32 Å². The number of amides is 1. The third-order valence-electron chi connectivity index (χ3n) is 5.91. The van der Waals surface area contributed by atoms with Crippen molar-refractivity contribution < 1.29 is 28.5 Å². The smallest absolute Gasteiger partial charge is 0.235 e. The van der Waals surface area contributed by atoms with Gasteiger partial charge in [0, 0.05) is 17.8 Å². The molecule has 7 nitrogen and oxygen atoms in total. The SMILES string of the molecule is COc1cc(NC(=O)C2(c3ccc4c(c3)OCCO4)CCCC2)cc(OC)c1OC. The Hall–Kier alpha value is -3.09. The van der Waals surface area contributed by atoms with Crippen molar-refractivity contribution in [2.45, 2.75) is 31.1 Å². The van der Waals surface area contributed by atoms with Crippen LogP contribution in [0, 0.1) is 0 Å². The maximum Gasteiger partial charge on any atom is 0.235 e. The van der Waals surface area contributed by atoms with E-state index < -0.39 is 5.41 Å². The molecule has 1 saturated carbocycles. The Labute approximate surface area is 176 Å². The molecular weight excluding hydrogens is 386 g/mol. The second-order valence-corrected chi connectivity index (χ2v) is 7.52. The zero-order chi connectivity index (χ0) is 21.1. The number of anilines is 1. The Morgan fingerprint density at radius 3 is 2.13 bits per heavy atom. The third kappa shape index (κ3) is 3.49. The van der Waals surface area contributed by atoms with Crippen LogP contribution < -0.4 is 29.0 Å². The number of carbonyl (C=O) groups excluding carboxylic acids is 1. The van der Waals surface area contributed by atoms with Crippen molar-refractivity contribution in [3.63, 3.8) is 0 Å². The molecule has 7 heteroatoms. The molecule has 0 bridgehead atoms. The molecule has 0 unspecified atom stereocenters. The summed E-state index contributed by atoms with van der Waals surface area (Å²) in [6.07, 6.45) is 3.56. The summed E-state index contributed by atoms with van der Waals surface area (Å²) in [6, 6.07) is 9.32. The minimum atomic E-state index is -0.615. The van der Waals surface area contributed by atoms with Crippen LogP contribution >= 0.6 is 0 Å². The van der Waals surface area contributed by atoms with Crippen molar-refractivity contribution in [3.8, 4) is 28.7 Å². The maximum atomic E-state index is 13.6. The maximum absolute atomic E-state index is 13.6. The molecule has 1 heterocycles. The van der Waals surface area contributed by atoms with E-state index in [9.17, 15) is 4.79 Å². The van der Waals surface area contributed by atoms with Crippen molar-refractivity contribution in [1.29, 1.82) is 0 Å². The van der Waals surface area contributed by atoms with Crippen LogP contribution in [-0.4, -0.2) is 40.5 Å². The average molecular weight is 413 g/mol. The van der Waals surface area contributed by atoms with E-state index in [1.165, 1.54) is 0 Å². The lowest BCUT2D eigenvalue weighted by atomic mass is 9.77. The number of hydrogen-bond donors (Lipinski definition) is 1. The van der Waals surface area contributed by atoms with Crippen LogP contribution in [0.2, 0.25) is 0 Å². The van der Waals surface area contributed by atoms with Gasteiger partial charge in [-0.2, -0.15) is 0 Å². The summed E-state index contributed by atoms with van der Waals surface area (Å²) >= 11 is 0. The van der Waals surface area contributed by atoms with Gasteiger partial charge >= 0.3 is 0 Å². The van der Waals surface area contributed by atoms with E-state index in [1.54, 1.807) is 33.5 Å². The normalized spacial score (nSPS) is 16.6. The monoisotopic (exact) mass is 413 g/mol. The largest absolute Gasteiger partial charge is 0.493 e. The number of rotatable bonds is 6. The van der Waals surface area contributed by atoms with Gasteiger partial charge in [-0.25, -0.2) is 0 Å².